The molecule has 2 amide bonds. The van der Waals surface area contributed by atoms with E-state index in [-0.39, 0.29) is 23.5 Å². The summed E-state index contributed by atoms with van der Waals surface area (Å²) in [5.74, 6) is 0.110. The first-order valence-electron chi connectivity index (χ1n) is 7.39. The number of halogens is 1. The molecule has 1 heterocycles. The van der Waals surface area contributed by atoms with Crippen molar-refractivity contribution >= 4 is 35.4 Å². The standard InChI is InChI=1S/C16H21ClN2O3S/c1-10(2)22-15(20)13-9-23-14(19(13)16(21)18(3)4)11-7-5-6-8-12(11)17/h5-8,10,13-14H,9H2,1-4H3. The third-order valence-corrected chi connectivity index (χ3v) is 5.05. The Balaban J connectivity index is 2.35. The van der Waals surface area contributed by atoms with Crippen LogP contribution in [-0.2, 0) is 9.53 Å². The van der Waals surface area contributed by atoms with Crippen LogP contribution in [0.2, 0.25) is 5.02 Å². The Labute approximate surface area is 145 Å². The van der Waals surface area contributed by atoms with E-state index in [4.69, 9.17) is 16.3 Å². The number of ether oxygens (including phenoxy) is 1. The van der Waals surface area contributed by atoms with Gasteiger partial charge in [-0.25, -0.2) is 9.59 Å². The SMILES string of the molecule is CC(C)OC(=O)C1CSC(c2ccccc2Cl)N1C(=O)N(C)C. The lowest BCUT2D eigenvalue weighted by Gasteiger charge is -2.31. The van der Waals surface area contributed by atoms with Crippen LogP contribution in [0.5, 0.6) is 0 Å². The number of esters is 1. The molecule has 2 atom stereocenters. The molecule has 0 aliphatic carbocycles. The summed E-state index contributed by atoms with van der Waals surface area (Å²) in [7, 11) is 3.33. The summed E-state index contributed by atoms with van der Waals surface area (Å²) in [5.41, 5.74) is 0.828. The number of rotatable bonds is 3. The molecule has 7 heteroatoms. The first-order chi connectivity index (χ1) is 10.8. The lowest BCUT2D eigenvalue weighted by atomic mass is 10.2. The van der Waals surface area contributed by atoms with Crippen LogP contribution in [-0.4, -0.2) is 53.8 Å². The molecule has 0 spiro atoms. The number of urea groups is 1. The van der Waals surface area contributed by atoms with Crippen LogP contribution in [0.25, 0.3) is 0 Å². The molecule has 0 bridgehead atoms. The van der Waals surface area contributed by atoms with E-state index in [9.17, 15) is 9.59 Å². The minimum atomic E-state index is -0.612. The maximum absolute atomic E-state index is 12.6. The third-order valence-electron chi connectivity index (χ3n) is 3.40. The lowest BCUT2D eigenvalue weighted by Crippen LogP contribution is -2.48. The van der Waals surface area contributed by atoms with Crippen LogP contribution in [0.3, 0.4) is 0 Å². The Kier molecular flexibility index (Phi) is 5.81. The second kappa shape index (κ2) is 7.45. The Hall–Kier alpha value is -1.40. The number of thioether (sulfide) groups is 1. The van der Waals surface area contributed by atoms with Crippen molar-refractivity contribution in [3.63, 3.8) is 0 Å². The molecular weight excluding hydrogens is 336 g/mol. The van der Waals surface area contributed by atoms with E-state index >= 15 is 0 Å². The summed E-state index contributed by atoms with van der Waals surface area (Å²) in [5, 5.41) is 0.280. The molecule has 0 N–H and O–H groups in total. The van der Waals surface area contributed by atoms with Crippen LogP contribution in [0.15, 0.2) is 24.3 Å². The molecule has 1 fully saturated rings. The van der Waals surface area contributed by atoms with E-state index in [1.807, 2.05) is 18.2 Å². The highest BCUT2D eigenvalue weighted by Gasteiger charge is 2.44. The Morgan fingerprint density at radius 1 is 1.35 bits per heavy atom. The van der Waals surface area contributed by atoms with E-state index in [1.165, 1.54) is 16.7 Å². The van der Waals surface area contributed by atoms with Crippen molar-refractivity contribution in [1.29, 1.82) is 0 Å². The molecule has 2 rings (SSSR count). The molecule has 126 valence electrons. The van der Waals surface area contributed by atoms with E-state index in [2.05, 4.69) is 0 Å². The van der Waals surface area contributed by atoms with Crippen LogP contribution < -0.4 is 0 Å². The van der Waals surface area contributed by atoms with Crippen LogP contribution >= 0.6 is 23.4 Å². The average Bonchev–Trinajstić information content (AvgIpc) is 2.90. The smallest absolute Gasteiger partial charge is 0.330 e. The van der Waals surface area contributed by atoms with Crippen molar-refractivity contribution in [1.82, 2.24) is 9.80 Å². The summed E-state index contributed by atoms with van der Waals surface area (Å²) < 4.78 is 5.31. The zero-order valence-electron chi connectivity index (χ0n) is 13.7. The van der Waals surface area contributed by atoms with Crippen molar-refractivity contribution in [2.45, 2.75) is 31.4 Å². The van der Waals surface area contributed by atoms with Crippen LogP contribution in [0, 0.1) is 0 Å². The van der Waals surface area contributed by atoms with Crippen LogP contribution in [0.1, 0.15) is 24.8 Å². The second-order valence-electron chi connectivity index (χ2n) is 5.79. The number of carbonyl (C=O) groups is 2. The zero-order valence-corrected chi connectivity index (χ0v) is 15.2. The largest absolute Gasteiger partial charge is 0.461 e. The van der Waals surface area contributed by atoms with Gasteiger partial charge in [0.15, 0.2) is 0 Å². The van der Waals surface area contributed by atoms with E-state index < -0.39 is 6.04 Å². The van der Waals surface area contributed by atoms with Crippen molar-refractivity contribution in [3.05, 3.63) is 34.9 Å². The average molecular weight is 357 g/mol. The highest BCUT2D eigenvalue weighted by molar-refractivity contribution is 7.99. The fourth-order valence-corrected chi connectivity index (χ4v) is 4.13. The summed E-state index contributed by atoms with van der Waals surface area (Å²) in [6.45, 7) is 3.59. The molecule has 0 saturated carbocycles. The van der Waals surface area contributed by atoms with Gasteiger partial charge in [-0.3, -0.25) is 4.90 Å². The van der Waals surface area contributed by atoms with Gasteiger partial charge in [0, 0.05) is 30.4 Å². The molecule has 1 aliphatic rings. The van der Waals surface area contributed by atoms with Gasteiger partial charge in [-0.15, -0.1) is 11.8 Å². The highest BCUT2D eigenvalue weighted by Crippen LogP contribution is 2.44. The van der Waals surface area contributed by atoms with Crippen LogP contribution in [0.4, 0.5) is 4.79 Å². The van der Waals surface area contributed by atoms with E-state index in [0.717, 1.165) is 5.56 Å². The fraction of sp³-hybridized carbons (Fsp3) is 0.500. The quantitative estimate of drug-likeness (QED) is 0.779. The third kappa shape index (κ3) is 3.93. The molecule has 1 saturated heterocycles. The Morgan fingerprint density at radius 3 is 2.57 bits per heavy atom. The lowest BCUT2D eigenvalue weighted by molar-refractivity contribution is -0.151. The minimum Gasteiger partial charge on any atom is -0.461 e. The first-order valence-corrected chi connectivity index (χ1v) is 8.81. The predicted octanol–water partition coefficient (Wildman–Crippen LogP) is 3.39. The molecule has 1 aromatic carbocycles. The van der Waals surface area contributed by atoms with Gasteiger partial charge in [0.05, 0.1) is 6.10 Å². The van der Waals surface area contributed by atoms with Gasteiger partial charge in [0.1, 0.15) is 11.4 Å². The molecule has 5 nitrogen and oxygen atoms in total. The van der Waals surface area contributed by atoms with Gasteiger partial charge in [-0.2, -0.15) is 0 Å². The molecule has 23 heavy (non-hydrogen) atoms. The first kappa shape index (κ1) is 17.9. The fourth-order valence-electron chi connectivity index (χ4n) is 2.38. The monoisotopic (exact) mass is 356 g/mol. The molecule has 1 aromatic rings. The second-order valence-corrected chi connectivity index (χ2v) is 7.31. The summed E-state index contributed by atoms with van der Waals surface area (Å²) in [6, 6.07) is 6.54. The van der Waals surface area contributed by atoms with Gasteiger partial charge in [-0.05, 0) is 19.9 Å². The summed E-state index contributed by atoms with van der Waals surface area (Å²) >= 11 is 7.80. The molecule has 2 unspecified atom stereocenters. The predicted molar refractivity (Wildman–Crippen MR) is 92.6 cm³/mol. The van der Waals surface area contributed by atoms with Gasteiger partial charge < -0.3 is 9.64 Å². The number of hydrogen-bond acceptors (Lipinski definition) is 4. The number of nitrogens with zero attached hydrogens (tertiary/aromatic N) is 2. The van der Waals surface area contributed by atoms with Gasteiger partial charge in [0.2, 0.25) is 0 Å². The highest BCUT2D eigenvalue weighted by atomic mass is 35.5. The van der Waals surface area contributed by atoms with Crippen molar-refractivity contribution < 1.29 is 14.3 Å². The maximum Gasteiger partial charge on any atom is 0.330 e. The summed E-state index contributed by atoms with van der Waals surface area (Å²) in [4.78, 5) is 28.0. The number of hydrogen-bond donors (Lipinski definition) is 0. The molecule has 0 aromatic heterocycles. The van der Waals surface area contributed by atoms with Gasteiger partial charge in [0.25, 0.3) is 0 Å². The Bertz CT molecular complexity index is 594. The van der Waals surface area contributed by atoms with Crippen molar-refractivity contribution in [2.24, 2.45) is 0 Å². The van der Waals surface area contributed by atoms with Gasteiger partial charge >= 0.3 is 12.0 Å². The molecule has 0 radical (unpaired) electrons. The summed E-state index contributed by atoms with van der Waals surface area (Å²) in [6.07, 6.45) is -0.219. The topological polar surface area (TPSA) is 49.9 Å². The van der Waals surface area contributed by atoms with Crippen molar-refractivity contribution in [3.8, 4) is 0 Å². The van der Waals surface area contributed by atoms with Gasteiger partial charge in [-0.1, -0.05) is 29.8 Å². The van der Waals surface area contributed by atoms with E-state index in [0.29, 0.717) is 10.8 Å². The van der Waals surface area contributed by atoms with Crippen molar-refractivity contribution in [2.75, 3.05) is 19.8 Å². The minimum absolute atomic E-state index is 0.219. The number of benzene rings is 1. The number of carbonyl (C=O) groups excluding carboxylic acids is 2. The van der Waals surface area contributed by atoms with E-state index in [1.54, 1.807) is 38.9 Å². The Morgan fingerprint density at radius 2 is 2.00 bits per heavy atom. The number of amides is 2. The zero-order chi connectivity index (χ0) is 17.1. The normalized spacial score (nSPS) is 20.7. The molecule has 1 aliphatic heterocycles. The maximum atomic E-state index is 12.6. The molecular formula is C16H21ClN2O3S.